The highest BCUT2D eigenvalue weighted by atomic mass is 16.8. The lowest BCUT2D eigenvalue weighted by atomic mass is 9.88. The molecule has 1 unspecified atom stereocenters. The third kappa shape index (κ3) is 28.7. The van der Waals surface area contributed by atoms with Crippen molar-refractivity contribution in [2.75, 3.05) is 19.8 Å². The summed E-state index contributed by atoms with van der Waals surface area (Å²) in [5.41, 5.74) is 0. The highest BCUT2D eigenvalue weighted by Gasteiger charge is 2.59. The molecular weight excluding hydrogens is 999 g/mol. The van der Waals surface area contributed by atoms with Crippen molar-refractivity contribution in [1.82, 2.24) is 16.8 Å². The molecule has 2 saturated heterocycles. The Balaban J connectivity index is 0.0000296. The van der Waals surface area contributed by atoms with Gasteiger partial charge in [0, 0.05) is 13.3 Å². The summed E-state index contributed by atoms with van der Waals surface area (Å²) in [6.45, 7) is 3.05. The number of nitrogens with one attached hydrogen (secondary N) is 2. The Morgan fingerprint density at radius 2 is 1.16 bits per heavy atom. The highest BCUT2D eigenvalue weighted by Crippen LogP contribution is 2.37. The van der Waals surface area contributed by atoms with Crippen LogP contribution in [-0.2, 0) is 33.3 Å². The second-order valence-electron chi connectivity index (χ2n) is 21.7. The molecule has 20 nitrogen and oxygen atoms in total. The molecule has 0 radical (unpaired) electrons. The van der Waals surface area contributed by atoms with Gasteiger partial charge >= 0.3 is 5.97 Å². The van der Waals surface area contributed by atoms with Crippen molar-refractivity contribution in [3.8, 4) is 0 Å². The van der Waals surface area contributed by atoms with E-state index in [1.54, 1.807) is 6.08 Å². The number of carbonyl (C=O) groups is 3. The molecule has 2 aliphatic heterocycles. The van der Waals surface area contributed by atoms with E-state index in [1.807, 2.05) is 0 Å². The van der Waals surface area contributed by atoms with Crippen LogP contribution < -0.4 is 16.8 Å². The molecule has 20 heteroatoms. The van der Waals surface area contributed by atoms with Gasteiger partial charge in [-0.1, -0.05) is 206 Å². The molecule has 0 aliphatic carbocycles. The number of allylic oxidation sites excluding steroid dienone is 1. The van der Waals surface area contributed by atoms with Gasteiger partial charge in [0.05, 0.1) is 44.1 Å². The zero-order valence-corrected chi connectivity index (χ0v) is 47.4. The average molecular weight is 1110 g/mol. The van der Waals surface area contributed by atoms with Gasteiger partial charge in [0.1, 0.15) is 48.8 Å². The predicted octanol–water partition coefficient (Wildman–Crippen LogP) is 6.03. The Morgan fingerprint density at radius 3 is 1.60 bits per heavy atom. The van der Waals surface area contributed by atoms with Gasteiger partial charge in [0.25, 0.3) is 5.79 Å². The molecule has 14 atom stereocenters. The molecule has 0 saturated carbocycles. The van der Waals surface area contributed by atoms with Crippen molar-refractivity contribution < 1.29 is 84.4 Å². The molecule has 2 aliphatic rings. The molecule has 2 fully saturated rings. The highest BCUT2D eigenvalue weighted by molar-refractivity contribution is 5.80. The van der Waals surface area contributed by atoms with Crippen LogP contribution in [0.1, 0.15) is 226 Å². The normalized spacial score (nSPS) is 25.7. The molecule has 0 aromatic rings. The Kier molecular flexibility index (Phi) is 40.9. The van der Waals surface area contributed by atoms with Crippen LogP contribution in [0.25, 0.3) is 0 Å². The summed E-state index contributed by atoms with van der Waals surface area (Å²) < 4.78 is 23.1. The molecule has 0 aromatic heterocycles. The first-order valence-electron chi connectivity index (χ1n) is 29.7. The van der Waals surface area contributed by atoms with E-state index in [-0.39, 0.29) is 12.6 Å². The summed E-state index contributed by atoms with van der Waals surface area (Å²) in [4.78, 5) is 38.4. The Labute approximate surface area is 461 Å². The molecule has 77 heavy (non-hydrogen) atoms. The number of rotatable bonds is 46. The number of hydrogen-bond donors (Lipinski definition) is 13. The smallest absolute Gasteiger partial charge is 0.364 e. The van der Waals surface area contributed by atoms with Crippen LogP contribution in [-0.4, -0.2) is 174 Å². The van der Waals surface area contributed by atoms with E-state index < -0.39 is 129 Å². The lowest BCUT2D eigenvalue weighted by Gasteiger charge is -2.50. The van der Waals surface area contributed by atoms with E-state index in [0.29, 0.717) is 12.8 Å². The van der Waals surface area contributed by atoms with Crippen LogP contribution in [0.2, 0.25) is 0 Å². The number of aliphatic hydroxyl groups excluding tert-OH is 9. The van der Waals surface area contributed by atoms with E-state index in [2.05, 4.69) is 24.5 Å². The van der Waals surface area contributed by atoms with Gasteiger partial charge in [-0.2, -0.15) is 0 Å². The van der Waals surface area contributed by atoms with E-state index in [9.17, 15) is 65.4 Å². The summed E-state index contributed by atoms with van der Waals surface area (Å²) in [5.74, 6) is -6.38. The van der Waals surface area contributed by atoms with Crippen molar-refractivity contribution in [2.24, 2.45) is 0 Å². The lowest BCUT2D eigenvalue weighted by molar-refractivity contribution is -0.370. The quantitative estimate of drug-likeness (QED) is 0.0244. The second kappa shape index (κ2) is 43.3. The fourth-order valence-electron chi connectivity index (χ4n) is 10.2. The molecule has 0 aromatic carbocycles. The Morgan fingerprint density at radius 1 is 0.688 bits per heavy atom. The minimum atomic E-state index is -2.99. The fourth-order valence-corrected chi connectivity index (χ4v) is 10.2. The maximum Gasteiger partial charge on any atom is 0.364 e. The Bertz CT molecular complexity index is 1540. The maximum atomic E-state index is 13.5. The van der Waals surface area contributed by atoms with Gasteiger partial charge in [-0.25, -0.2) is 4.79 Å². The van der Waals surface area contributed by atoms with Crippen molar-refractivity contribution in [3.05, 3.63) is 12.2 Å². The zero-order chi connectivity index (χ0) is 56.1. The number of hydrogen-bond acceptors (Lipinski definition) is 17. The largest absolute Gasteiger partial charge is 0.477 e. The maximum absolute atomic E-state index is 13.5. The van der Waals surface area contributed by atoms with Crippen LogP contribution in [0, 0.1) is 0 Å². The molecule has 2 heterocycles. The number of carboxylic acids is 1. The minimum absolute atomic E-state index is 0. The van der Waals surface area contributed by atoms with E-state index >= 15 is 0 Å². The molecule has 454 valence electrons. The van der Waals surface area contributed by atoms with Crippen LogP contribution in [0.15, 0.2) is 12.2 Å². The number of amides is 2. The van der Waals surface area contributed by atoms with Crippen LogP contribution >= 0.6 is 0 Å². The van der Waals surface area contributed by atoms with E-state index in [4.69, 9.17) is 18.9 Å². The molecular formula is C57H109N3O17. The number of carboxylic acid groups (broad SMARTS) is 1. The SMILES string of the molecule is CCCCCCCCCCCCC/C=C/[C@@H](O)[C@H](CO[C@@H]1O[C@H](CO)[C@H](O)[C@H](O[C@]2(C(=O)O)C[C@H](O)[C@@H](NC(C)=O)[C@H]([C@H](O)[C@H](O)CO)O2)[C@H]1O)NC(=O)C(O)CCCCCCCCCCCCCCCCCCCC.N. The zero-order valence-electron chi connectivity index (χ0n) is 47.4. The van der Waals surface area contributed by atoms with Gasteiger partial charge in [0.15, 0.2) is 6.29 Å². The number of carbonyl (C=O) groups excluding carboxylic acids is 2. The van der Waals surface area contributed by atoms with Gasteiger partial charge in [-0.3, -0.25) is 9.59 Å². The number of unbranched alkanes of at least 4 members (excludes halogenated alkanes) is 28. The van der Waals surface area contributed by atoms with Gasteiger partial charge < -0.3 is 86.8 Å². The summed E-state index contributed by atoms with van der Waals surface area (Å²) in [5, 5.41) is 113. The minimum Gasteiger partial charge on any atom is -0.477 e. The summed E-state index contributed by atoms with van der Waals surface area (Å²) in [6.07, 6.45) is 17.9. The standard InChI is InChI=1S/C57H106N2O17.H3N/c1-4-6-8-10-12-14-16-18-19-20-21-22-24-26-28-30-32-34-36-44(64)54(70)59-42(43(63)35-33-31-29-27-25-23-17-15-13-11-9-7-5-2)40-73-55-51(69)53(50(68)47(39-61)74-55)76-57(56(71)72)37-45(65)48(58-41(3)62)52(75-57)49(67)46(66)38-60;/h33,35,42-53,55,60-61,63-69H,4-32,34,36-40H2,1-3H3,(H,58,62)(H,59,70)(H,71,72);1H3/b35-33+;/t42-,43+,44?,45-,46+,47+,48+,49+,50-,51+,52+,53-,55+,57-;/m0./s1. The van der Waals surface area contributed by atoms with Crippen LogP contribution in [0.5, 0.6) is 0 Å². The van der Waals surface area contributed by atoms with Gasteiger partial charge in [-0.15, -0.1) is 0 Å². The van der Waals surface area contributed by atoms with Crippen molar-refractivity contribution in [3.63, 3.8) is 0 Å². The fraction of sp³-hybridized carbons (Fsp3) is 0.912. The number of ether oxygens (including phenoxy) is 4. The monoisotopic (exact) mass is 1110 g/mol. The van der Waals surface area contributed by atoms with Crippen molar-refractivity contribution >= 4 is 17.8 Å². The van der Waals surface area contributed by atoms with Crippen molar-refractivity contribution in [2.45, 2.75) is 311 Å². The average Bonchev–Trinajstić information content (AvgIpc) is 3.39. The number of aliphatic hydroxyl groups is 9. The third-order valence-corrected chi connectivity index (χ3v) is 15.0. The third-order valence-electron chi connectivity index (χ3n) is 15.0. The van der Waals surface area contributed by atoms with E-state index in [0.717, 1.165) is 58.3 Å². The predicted molar refractivity (Wildman–Crippen MR) is 294 cm³/mol. The molecule has 2 rings (SSSR count). The number of aliphatic carboxylic acids is 1. The van der Waals surface area contributed by atoms with Gasteiger partial charge in [-0.05, 0) is 19.3 Å². The van der Waals surface area contributed by atoms with E-state index in [1.165, 1.54) is 134 Å². The second-order valence-corrected chi connectivity index (χ2v) is 21.7. The van der Waals surface area contributed by atoms with Crippen LogP contribution in [0.3, 0.4) is 0 Å². The Hall–Kier alpha value is -2.41. The van der Waals surface area contributed by atoms with Gasteiger partial charge in [0.2, 0.25) is 11.8 Å². The topological polar surface area (TPSA) is 349 Å². The molecule has 0 spiro atoms. The summed E-state index contributed by atoms with van der Waals surface area (Å²) >= 11 is 0. The van der Waals surface area contributed by atoms with Crippen LogP contribution in [0.4, 0.5) is 0 Å². The first-order chi connectivity index (χ1) is 36.6. The molecule has 15 N–H and O–H groups in total. The lowest BCUT2D eigenvalue weighted by Crippen LogP contribution is -2.70. The summed E-state index contributed by atoms with van der Waals surface area (Å²) in [6, 6.07) is -2.75. The first kappa shape index (κ1) is 72.6. The molecule has 2 amide bonds. The summed E-state index contributed by atoms with van der Waals surface area (Å²) in [7, 11) is 0. The molecule has 0 bridgehead atoms. The first-order valence-corrected chi connectivity index (χ1v) is 29.7. The van der Waals surface area contributed by atoms with Crippen molar-refractivity contribution in [1.29, 1.82) is 0 Å².